The van der Waals surface area contributed by atoms with E-state index >= 15 is 0 Å². The molecular weight excluding hydrogens is 234 g/mol. The molecule has 3 nitrogen and oxygen atoms in total. The fourth-order valence-electron chi connectivity index (χ4n) is 2.15. The summed E-state index contributed by atoms with van der Waals surface area (Å²) in [6, 6.07) is 0. The maximum absolute atomic E-state index is 5.78. The maximum atomic E-state index is 5.78. The van der Waals surface area contributed by atoms with Gasteiger partial charge in [-0.25, -0.2) is 0 Å². The molecule has 0 aromatic heterocycles. The molecular formula is C16H27N3. The van der Waals surface area contributed by atoms with Crippen LogP contribution in [0.2, 0.25) is 0 Å². The topological polar surface area (TPSA) is 50.1 Å². The third kappa shape index (κ3) is 5.79. The number of rotatable bonds is 6. The highest BCUT2D eigenvalue weighted by Crippen LogP contribution is 2.21. The van der Waals surface area contributed by atoms with Crippen LogP contribution in [0.15, 0.2) is 47.5 Å². The first-order valence-electron chi connectivity index (χ1n) is 7.01. The maximum Gasteiger partial charge on any atom is 0.0348 e. The van der Waals surface area contributed by atoms with Gasteiger partial charge in [-0.2, -0.15) is 0 Å². The van der Waals surface area contributed by atoms with Crippen molar-refractivity contribution in [2.45, 2.75) is 33.6 Å². The zero-order valence-corrected chi connectivity index (χ0v) is 12.4. The van der Waals surface area contributed by atoms with Gasteiger partial charge in [0, 0.05) is 30.9 Å². The Kier molecular flexibility index (Phi) is 7.04. The largest absolute Gasteiger partial charge is 0.401 e. The molecule has 0 heterocycles. The predicted molar refractivity (Wildman–Crippen MR) is 83.3 cm³/mol. The van der Waals surface area contributed by atoms with Gasteiger partial charge < -0.3 is 16.4 Å². The van der Waals surface area contributed by atoms with Crippen LogP contribution in [-0.2, 0) is 0 Å². The molecule has 106 valence electrons. The number of nitrogens with two attached hydrogens (primary N) is 1. The minimum atomic E-state index is 0.551. The molecule has 0 aromatic carbocycles. The first-order chi connectivity index (χ1) is 9.17. The normalized spacial score (nSPS) is 21.0. The zero-order valence-electron chi connectivity index (χ0n) is 12.4. The van der Waals surface area contributed by atoms with Gasteiger partial charge in [0.05, 0.1) is 0 Å². The molecule has 1 atom stereocenters. The van der Waals surface area contributed by atoms with Crippen LogP contribution in [0.3, 0.4) is 0 Å². The lowest BCUT2D eigenvalue weighted by Gasteiger charge is -2.14. The highest BCUT2D eigenvalue weighted by molar-refractivity contribution is 5.20. The SMILES string of the molecule is C/C=C\NC1=C(C)CC(CNC/C(N)=C\C)C=CC1. The number of allylic oxidation sites excluding steroid dienone is 4. The summed E-state index contributed by atoms with van der Waals surface area (Å²) in [5, 5.41) is 6.77. The van der Waals surface area contributed by atoms with Crippen molar-refractivity contribution >= 4 is 0 Å². The highest BCUT2D eigenvalue weighted by Gasteiger charge is 2.11. The van der Waals surface area contributed by atoms with Crippen molar-refractivity contribution in [1.82, 2.24) is 10.6 Å². The van der Waals surface area contributed by atoms with Gasteiger partial charge in [-0.1, -0.05) is 29.9 Å². The van der Waals surface area contributed by atoms with E-state index in [1.807, 2.05) is 32.2 Å². The van der Waals surface area contributed by atoms with E-state index < -0.39 is 0 Å². The Morgan fingerprint density at radius 3 is 2.95 bits per heavy atom. The standard InChI is InChI=1S/C16H27N3/c1-4-9-19-16-8-6-7-14(10-13(16)3)11-18-12-15(17)5-2/h4-7,9,14,18-19H,8,10-12,17H2,1-3H3/b9-4-,15-5+. The van der Waals surface area contributed by atoms with Gasteiger partial charge in [0.25, 0.3) is 0 Å². The molecule has 0 bridgehead atoms. The Bertz CT molecular complexity index is 389. The molecule has 0 saturated heterocycles. The highest BCUT2D eigenvalue weighted by atomic mass is 14.9. The average molecular weight is 261 g/mol. The van der Waals surface area contributed by atoms with Crippen molar-refractivity contribution in [2.24, 2.45) is 11.7 Å². The van der Waals surface area contributed by atoms with E-state index in [4.69, 9.17) is 5.73 Å². The quantitative estimate of drug-likeness (QED) is 0.644. The first kappa shape index (κ1) is 15.6. The van der Waals surface area contributed by atoms with Crippen LogP contribution in [0.25, 0.3) is 0 Å². The minimum Gasteiger partial charge on any atom is -0.401 e. The van der Waals surface area contributed by atoms with Gasteiger partial charge in [-0.05, 0) is 39.3 Å². The molecule has 0 aromatic rings. The number of hydrogen-bond donors (Lipinski definition) is 3. The molecule has 1 aliphatic carbocycles. The minimum absolute atomic E-state index is 0.551. The molecule has 1 unspecified atom stereocenters. The average Bonchev–Trinajstić information content (AvgIpc) is 2.58. The fraction of sp³-hybridized carbons (Fsp3) is 0.500. The van der Waals surface area contributed by atoms with Crippen LogP contribution < -0.4 is 16.4 Å². The lowest BCUT2D eigenvalue weighted by Crippen LogP contribution is -2.26. The van der Waals surface area contributed by atoms with Crippen LogP contribution in [0.1, 0.15) is 33.6 Å². The van der Waals surface area contributed by atoms with E-state index in [0.29, 0.717) is 5.92 Å². The Labute approximate surface area is 117 Å². The third-order valence-electron chi connectivity index (χ3n) is 3.34. The molecule has 0 fully saturated rings. The second-order valence-electron chi connectivity index (χ2n) is 4.99. The van der Waals surface area contributed by atoms with Crippen molar-refractivity contribution in [1.29, 1.82) is 0 Å². The Balaban J connectivity index is 2.48. The number of nitrogens with one attached hydrogen (secondary N) is 2. The number of hydrogen-bond acceptors (Lipinski definition) is 3. The van der Waals surface area contributed by atoms with Gasteiger partial charge in [0.1, 0.15) is 0 Å². The summed E-state index contributed by atoms with van der Waals surface area (Å²) < 4.78 is 0. The summed E-state index contributed by atoms with van der Waals surface area (Å²) in [5.41, 5.74) is 9.44. The zero-order chi connectivity index (χ0) is 14.1. The van der Waals surface area contributed by atoms with Gasteiger partial charge >= 0.3 is 0 Å². The van der Waals surface area contributed by atoms with E-state index in [-0.39, 0.29) is 0 Å². The van der Waals surface area contributed by atoms with Crippen molar-refractivity contribution in [3.8, 4) is 0 Å². The van der Waals surface area contributed by atoms with Gasteiger partial charge in [-0.15, -0.1) is 0 Å². The first-order valence-corrected chi connectivity index (χ1v) is 7.01. The molecule has 4 N–H and O–H groups in total. The Hall–Kier alpha value is -1.48. The van der Waals surface area contributed by atoms with Gasteiger partial charge in [-0.3, -0.25) is 0 Å². The lowest BCUT2D eigenvalue weighted by atomic mass is 10.0. The van der Waals surface area contributed by atoms with Crippen molar-refractivity contribution in [3.63, 3.8) is 0 Å². The Morgan fingerprint density at radius 1 is 1.47 bits per heavy atom. The molecule has 0 saturated carbocycles. The van der Waals surface area contributed by atoms with Crippen LogP contribution in [-0.4, -0.2) is 13.1 Å². The summed E-state index contributed by atoms with van der Waals surface area (Å²) in [6.07, 6.45) is 12.6. The van der Waals surface area contributed by atoms with Gasteiger partial charge in [0.15, 0.2) is 0 Å². The second kappa shape index (κ2) is 8.59. The molecule has 0 spiro atoms. The summed E-state index contributed by atoms with van der Waals surface area (Å²) >= 11 is 0. The van der Waals surface area contributed by atoms with E-state index in [1.165, 1.54) is 11.3 Å². The van der Waals surface area contributed by atoms with Crippen molar-refractivity contribution in [2.75, 3.05) is 13.1 Å². The molecule has 0 radical (unpaired) electrons. The predicted octanol–water partition coefficient (Wildman–Crippen LogP) is 2.80. The van der Waals surface area contributed by atoms with Gasteiger partial charge in [0.2, 0.25) is 0 Å². The summed E-state index contributed by atoms with van der Waals surface area (Å²) in [7, 11) is 0. The molecule has 0 aliphatic heterocycles. The smallest absolute Gasteiger partial charge is 0.0348 e. The summed E-state index contributed by atoms with van der Waals surface area (Å²) in [6.45, 7) is 7.95. The third-order valence-corrected chi connectivity index (χ3v) is 3.34. The van der Waals surface area contributed by atoms with E-state index in [1.54, 1.807) is 0 Å². The van der Waals surface area contributed by atoms with E-state index in [9.17, 15) is 0 Å². The van der Waals surface area contributed by atoms with Crippen LogP contribution >= 0.6 is 0 Å². The lowest BCUT2D eigenvalue weighted by molar-refractivity contribution is 0.569. The van der Waals surface area contributed by atoms with E-state index in [0.717, 1.165) is 31.6 Å². The second-order valence-corrected chi connectivity index (χ2v) is 4.99. The molecule has 1 rings (SSSR count). The van der Waals surface area contributed by atoms with Crippen LogP contribution in [0.4, 0.5) is 0 Å². The summed E-state index contributed by atoms with van der Waals surface area (Å²) in [5.74, 6) is 0.551. The molecule has 1 aliphatic rings. The Morgan fingerprint density at radius 2 is 2.26 bits per heavy atom. The van der Waals surface area contributed by atoms with E-state index in [2.05, 4.69) is 29.7 Å². The monoisotopic (exact) mass is 261 g/mol. The fourth-order valence-corrected chi connectivity index (χ4v) is 2.15. The molecule has 3 heteroatoms. The summed E-state index contributed by atoms with van der Waals surface area (Å²) in [4.78, 5) is 0. The molecule has 0 amide bonds. The van der Waals surface area contributed by atoms with Crippen molar-refractivity contribution < 1.29 is 0 Å². The van der Waals surface area contributed by atoms with Crippen LogP contribution in [0.5, 0.6) is 0 Å². The molecule has 19 heavy (non-hydrogen) atoms. The van der Waals surface area contributed by atoms with Crippen molar-refractivity contribution in [3.05, 3.63) is 47.5 Å². The van der Waals surface area contributed by atoms with Crippen LogP contribution in [0, 0.1) is 5.92 Å².